The highest BCUT2D eigenvalue weighted by Crippen LogP contribution is 2.18. The van der Waals surface area contributed by atoms with E-state index in [1.807, 2.05) is 30.2 Å². The van der Waals surface area contributed by atoms with Crippen molar-refractivity contribution >= 4 is 10.9 Å². The van der Waals surface area contributed by atoms with Crippen LogP contribution in [0.15, 0.2) is 42.9 Å². The number of aryl methyl sites for hydroxylation is 3. The average molecular weight is 255 g/mol. The first-order valence-electron chi connectivity index (χ1n) is 6.42. The minimum Gasteiger partial charge on any atom is -0.392 e. The summed E-state index contributed by atoms with van der Waals surface area (Å²) in [6.07, 6.45) is 7.01. The normalized spacial score (nSPS) is 11.3. The molecule has 0 unspecified atom stereocenters. The van der Waals surface area contributed by atoms with Crippen molar-refractivity contribution in [3.63, 3.8) is 0 Å². The maximum atomic E-state index is 9.22. The number of rotatable bonds is 4. The molecule has 0 bridgehead atoms. The Bertz CT molecular complexity index is 696. The van der Waals surface area contributed by atoms with E-state index in [9.17, 15) is 5.11 Å². The van der Waals surface area contributed by atoms with Crippen LogP contribution in [0.25, 0.3) is 10.9 Å². The second kappa shape index (κ2) is 4.90. The van der Waals surface area contributed by atoms with Crippen LogP contribution in [0.5, 0.6) is 0 Å². The van der Waals surface area contributed by atoms with Gasteiger partial charge in [-0.15, -0.1) is 0 Å². The molecule has 0 aliphatic rings. The van der Waals surface area contributed by atoms with E-state index in [-0.39, 0.29) is 6.61 Å². The van der Waals surface area contributed by atoms with Crippen molar-refractivity contribution < 1.29 is 5.11 Å². The van der Waals surface area contributed by atoms with Gasteiger partial charge in [0.15, 0.2) is 0 Å². The SMILES string of the molecule is Cn1cc(CCn2ccc3ccc(CO)cc32)cn1. The lowest BCUT2D eigenvalue weighted by Crippen LogP contribution is -1.99. The van der Waals surface area contributed by atoms with Crippen LogP contribution in [0.1, 0.15) is 11.1 Å². The summed E-state index contributed by atoms with van der Waals surface area (Å²) in [5.74, 6) is 0. The van der Waals surface area contributed by atoms with Crippen LogP contribution < -0.4 is 0 Å². The summed E-state index contributed by atoms with van der Waals surface area (Å²) in [5.41, 5.74) is 3.37. The molecule has 19 heavy (non-hydrogen) atoms. The second-order valence-corrected chi connectivity index (χ2v) is 4.83. The summed E-state index contributed by atoms with van der Waals surface area (Å²) < 4.78 is 4.05. The Morgan fingerprint density at radius 3 is 2.84 bits per heavy atom. The lowest BCUT2D eigenvalue weighted by molar-refractivity contribution is 0.282. The van der Waals surface area contributed by atoms with Crippen molar-refractivity contribution in [3.05, 3.63) is 54.0 Å². The third kappa shape index (κ3) is 2.39. The molecular formula is C15H17N3O. The van der Waals surface area contributed by atoms with Gasteiger partial charge in [-0.1, -0.05) is 12.1 Å². The Hall–Kier alpha value is -2.07. The van der Waals surface area contributed by atoms with Gasteiger partial charge in [0.2, 0.25) is 0 Å². The number of nitrogens with zero attached hydrogens (tertiary/aromatic N) is 3. The van der Waals surface area contributed by atoms with Crippen LogP contribution >= 0.6 is 0 Å². The fraction of sp³-hybridized carbons (Fsp3) is 0.267. The Kier molecular flexibility index (Phi) is 3.09. The van der Waals surface area contributed by atoms with Crippen molar-refractivity contribution in [3.8, 4) is 0 Å². The third-order valence-electron chi connectivity index (χ3n) is 3.42. The summed E-state index contributed by atoms with van der Waals surface area (Å²) >= 11 is 0. The number of aromatic nitrogens is 3. The third-order valence-corrected chi connectivity index (χ3v) is 3.42. The van der Waals surface area contributed by atoms with E-state index in [0.717, 1.165) is 18.5 Å². The summed E-state index contributed by atoms with van der Waals surface area (Å²) in [4.78, 5) is 0. The van der Waals surface area contributed by atoms with Gasteiger partial charge >= 0.3 is 0 Å². The van der Waals surface area contributed by atoms with Crippen molar-refractivity contribution in [2.45, 2.75) is 19.6 Å². The molecule has 3 aromatic rings. The minimum atomic E-state index is 0.0870. The zero-order chi connectivity index (χ0) is 13.2. The Balaban J connectivity index is 1.84. The summed E-state index contributed by atoms with van der Waals surface area (Å²) in [6.45, 7) is 1.01. The van der Waals surface area contributed by atoms with Gasteiger partial charge in [-0.25, -0.2) is 0 Å². The van der Waals surface area contributed by atoms with Crippen LogP contribution in [-0.4, -0.2) is 19.5 Å². The molecule has 3 rings (SSSR count). The highest BCUT2D eigenvalue weighted by Gasteiger charge is 2.03. The van der Waals surface area contributed by atoms with E-state index in [1.54, 1.807) is 0 Å². The molecule has 98 valence electrons. The summed E-state index contributed by atoms with van der Waals surface area (Å²) in [6, 6.07) is 8.19. The largest absolute Gasteiger partial charge is 0.392 e. The Morgan fingerprint density at radius 1 is 1.21 bits per heavy atom. The number of hydrogen-bond donors (Lipinski definition) is 1. The van der Waals surface area contributed by atoms with Gasteiger partial charge in [0.25, 0.3) is 0 Å². The average Bonchev–Trinajstić information content (AvgIpc) is 3.02. The lowest BCUT2D eigenvalue weighted by Gasteiger charge is -2.05. The number of hydrogen-bond acceptors (Lipinski definition) is 2. The van der Waals surface area contributed by atoms with E-state index in [1.165, 1.54) is 16.5 Å². The number of aliphatic hydroxyl groups excluding tert-OH is 1. The summed E-state index contributed by atoms with van der Waals surface area (Å²) in [7, 11) is 1.93. The van der Waals surface area contributed by atoms with Crippen LogP contribution in [0.3, 0.4) is 0 Å². The molecule has 0 spiro atoms. The monoisotopic (exact) mass is 255 g/mol. The van der Waals surface area contributed by atoms with Gasteiger partial charge in [0.05, 0.1) is 12.8 Å². The van der Waals surface area contributed by atoms with Crippen molar-refractivity contribution in [1.82, 2.24) is 14.3 Å². The highest BCUT2D eigenvalue weighted by atomic mass is 16.3. The number of aliphatic hydroxyl groups is 1. The van der Waals surface area contributed by atoms with Crippen molar-refractivity contribution in [2.24, 2.45) is 7.05 Å². The first-order chi connectivity index (χ1) is 9.26. The minimum absolute atomic E-state index is 0.0870. The molecule has 1 N–H and O–H groups in total. The van der Waals surface area contributed by atoms with Crippen LogP contribution in [0.2, 0.25) is 0 Å². The van der Waals surface area contributed by atoms with Gasteiger partial charge in [-0.2, -0.15) is 5.10 Å². The van der Waals surface area contributed by atoms with Crippen molar-refractivity contribution in [2.75, 3.05) is 0 Å². The predicted octanol–water partition coefficient (Wildman–Crippen LogP) is 2.11. The zero-order valence-electron chi connectivity index (χ0n) is 11.0. The van der Waals surface area contributed by atoms with Gasteiger partial charge in [-0.3, -0.25) is 4.68 Å². The molecule has 0 aliphatic heterocycles. The van der Waals surface area contributed by atoms with E-state index in [4.69, 9.17) is 0 Å². The molecule has 0 radical (unpaired) electrons. The van der Waals surface area contributed by atoms with Gasteiger partial charge in [0.1, 0.15) is 0 Å². The summed E-state index contributed by atoms with van der Waals surface area (Å²) in [5, 5.41) is 14.6. The molecule has 0 saturated heterocycles. The second-order valence-electron chi connectivity index (χ2n) is 4.83. The first-order valence-corrected chi connectivity index (χ1v) is 6.42. The van der Waals surface area contributed by atoms with Gasteiger partial charge in [0, 0.05) is 31.5 Å². The Labute approximate surface area is 111 Å². The fourth-order valence-electron chi connectivity index (χ4n) is 2.37. The van der Waals surface area contributed by atoms with Crippen molar-refractivity contribution in [1.29, 1.82) is 0 Å². The standard InChI is InChI=1S/C15H17N3O/c1-17-10-13(9-16-17)4-6-18-7-5-14-3-2-12(11-19)8-15(14)18/h2-3,5,7-10,19H,4,6,11H2,1H3. The lowest BCUT2D eigenvalue weighted by atomic mass is 10.2. The van der Waals surface area contributed by atoms with Gasteiger partial charge < -0.3 is 9.67 Å². The molecule has 4 nitrogen and oxygen atoms in total. The first kappa shape index (κ1) is 12.0. The molecular weight excluding hydrogens is 238 g/mol. The van der Waals surface area contributed by atoms with Crippen LogP contribution in [-0.2, 0) is 26.6 Å². The van der Waals surface area contributed by atoms with Crippen LogP contribution in [0, 0.1) is 0 Å². The van der Waals surface area contributed by atoms with E-state index < -0.39 is 0 Å². The smallest absolute Gasteiger partial charge is 0.0682 e. The molecule has 2 aromatic heterocycles. The molecule has 1 aromatic carbocycles. The molecule has 0 saturated carbocycles. The molecule has 0 fully saturated rings. The zero-order valence-corrected chi connectivity index (χ0v) is 11.0. The van der Waals surface area contributed by atoms with E-state index in [0.29, 0.717) is 0 Å². The maximum Gasteiger partial charge on any atom is 0.0682 e. The van der Waals surface area contributed by atoms with E-state index >= 15 is 0 Å². The van der Waals surface area contributed by atoms with Gasteiger partial charge in [-0.05, 0) is 35.1 Å². The molecule has 0 aliphatic carbocycles. The quantitative estimate of drug-likeness (QED) is 0.776. The number of benzene rings is 1. The number of fused-ring (bicyclic) bond motifs is 1. The van der Waals surface area contributed by atoms with Crippen LogP contribution in [0.4, 0.5) is 0 Å². The molecule has 2 heterocycles. The predicted molar refractivity (Wildman–Crippen MR) is 74.8 cm³/mol. The van der Waals surface area contributed by atoms with E-state index in [2.05, 4.69) is 34.1 Å². The highest BCUT2D eigenvalue weighted by molar-refractivity contribution is 5.80. The molecule has 4 heteroatoms. The topological polar surface area (TPSA) is 43.0 Å². The maximum absolute atomic E-state index is 9.22. The molecule has 0 amide bonds. The molecule has 0 atom stereocenters. The fourth-order valence-corrected chi connectivity index (χ4v) is 2.37. The Morgan fingerprint density at radius 2 is 2.11 bits per heavy atom.